The molecule has 0 saturated carbocycles. The number of hydrogen-bond donors (Lipinski definition) is 1. The third-order valence-electron chi connectivity index (χ3n) is 5.86. The number of carbonyl (C=O) groups excluding carboxylic acids is 1. The number of aryl methyl sites for hydroxylation is 2. The van der Waals surface area contributed by atoms with Gasteiger partial charge in [-0.1, -0.05) is 24.3 Å². The average Bonchev–Trinajstić information content (AvgIpc) is 3.36. The number of ether oxygens (including phenoxy) is 2. The average molecular weight is 477 g/mol. The molecular weight excluding hydrogens is 448 g/mol. The molecule has 1 aliphatic rings. The second kappa shape index (κ2) is 10.2. The molecule has 1 N–H and O–H groups in total. The number of thiocarbonyl (C=S) groups is 1. The monoisotopic (exact) mass is 476 g/mol. The second-order valence-electron chi connectivity index (χ2n) is 8.20. The number of aromatic nitrogens is 2. The fourth-order valence-corrected chi connectivity index (χ4v) is 4.41. The molecule has 0 bridgehead atoms. The first-order chi connectivity index (χ1) is 16.4. The molecule has 0 amide bonds. The molecule has 176 valence electrons. The van der Waals surface area contributed by atoms with E-state index in [1.165, 1.54) is 0 Å². The third-order valence-corrected chi connectivity index (χ3v) is 6.16. The lowest BCUT2D eigenvalue weighted by atomic mass is 9.94. The van der Waals surface area contributed by atoms with Crippen molar-refractivity contribution in [3.05, 3.63) is 89.1 Å². The molecule has 0 radical (unpaired) electrons. The zero-order valence-corrected chi connectivity index (χ0v) is 20.6. The topological polar surface area (TPSA) is 68.6 Å². The SMILES string of the molecule is COCCOC(=O)C1=C(C)N(c2cc(C)ccc2C)C(=S)NC1c1ccc(-n2ccnc2)cc1. The van der Waals surface area contributed by atoms with E-state index in [-0.39, 0.29) is 6.61 Å². The van der Waals surface area contributed by atoms with Crippen molar-refractivity contribution in [1.82, 2.24) is 14.9 Å². The van der Waals surface area contributed by atoms with Crippen LogP contribution < -0.4 is 10.2 Å². The van der Waals surface area contributed by atoms with E-state index < -0.39 is 12.0 Å². The smallest absolute Gasteiger partial charge is 0.338 e. The number of rotatable bonds is 7. The standard InChI is InChI=1S/C26H28N4O3S/c1-17-5-6-18(2)22(15-17)30-19(3)23(25(31)33-14-13-32-4)24(28-26(30)34)20-7-9-21(10-8-20)29-12-11-27-16-29/h5-12,15-16,24H,13-14H2,1-4H3,(H,28,34). The molecule has 1 unspecified atom stereocenters. The lowest BCUT2D eigenvalue weighted by molar-refractivity contribution is -0.140. The number of carbonyl (C=O) groups is 1. The quantitative estimate of drug-likeness (QED) is 0.308. The maximum absolute atomic E-state index is 13.3. The van der Waals surface area contributed by atoms with Crippen molar-refractivity contribution in [2.45, 2.75) is 26.8 Å². The van der Waals surface area contributed by atoms with Crippen LogP contribution in [0.15, 0.2) is 72.5 Å². The molecule has 2 aromatic carbocycles. The molecule has 8 heteroatoms. The van der Waals surface area contributed by atoms with Crippen LogP contribution in [0.5, 0.6) is 0 Å². The summed E-state index contributed by atoms with van der Waals surface area (Å²) in [5, 5.41) is 3.91. The summed E-state index contributed by atoms with van der Waals surface area (Å²) in [5.41, 5.74) is 6.24. The van der Waals surface area contributed by atoms with Crippen LogP contribution in [0.25, 0.3) is 5.69 Å². The van der Waals surface area contributed by atoms with Crippen LogP contribution in [-0.4, -0.2) is 41.0 Å². The summed E-state index contributed by atoms with van der Waals surface area (Å²) in [6.45, 7) is 6.48. The number of esters is 1. The summed E-state index contributed by atoms with van der Waals surface area (Å²) in [7, 11) is 1.58. The maximum Gasteiger partial charge on any atom is 0.338 e. The van der Waals surface area contributed by atoms with Gasteiger partial charge in [-0.05, 0) is 67.9 Å². The van der Waals surface area contributed by atoms with Gasteiger partial charge in [0.05, 0.1) is 30.2 Å². The first kappa shape index (κ1) is 23.7. The van der Waals surface area contributed by atoms with Crippen molar-refractivity contribution in [3.63, 3.8) is 0 Å². The number of anilines is 1. The molecule has 0 saturated heterocycles. The molecule has 1 aromatic heterocycles. The minimum absolute atomic E-state index is 0.173. The highest BCUT2D eigenvalue weighted by molar-refractivity contribution is 7.80. The van der Waals surface area contributed by atoms with E-state index in [0.717, 1.165) is 33.8 Å². The van der Waals surface area contributed by atoms with E-state index in [2.05, 4.69) is 28.5 Å². The largest absolute Gasteiger partial charge is 0.460 e. The van der Waals surface area contributed by atoms with E-state index in [1.54, 1.807) is 19.6 Å². The number of methoxy groups -OCH3 is 1. The number of imidazole rings is 1. The molecule has 2 heterocycles. The van der Waals surface area contributed by atoms with Crippen LogP contribution in [0.2, 0.25) is 0 Å². The summed E-state index contributed by atoms with van der Waals surface area (Å²) in [6, 6.07) is 13.7. The lowest BCUT2D eigenvalue weighted by Crippen LogP contribution is -2.48. The summed E-state index contributed by atoms with van der Waals surface area (Å²) in [6.07, 6.45) is 5.36. The Morgan fingerprint density at radius 3 is 2.56 bits per heavy atom. The van der Waals surface area contributed by atoms with E-state index in [9.17, 15) is 4.79 Å². The van der Waals surface area contributed by atoms with Crippen molar-refractivity contribution in [3.8, 4) is 5.69 Å². The van der Waals surface area contributed by atoms with Gasteiger partial charge >= 0.3 is 5.97 Å². The first-order valence-electron chi connectivity index (χ1n) is 11.0. The molecule has 34 heavy (non-hydrogen) atoms. The van der Waals surface area contributed by atoms with Crippen LogP contribution in [0.3, 0.4) is 0 Å². The Labute approximate surface area is 205 Å². The maximum atomic E-state index is 13.3. The highest BCUT2D eigenvalue weighted by Gasteiger charge is 2.36. The number of allylic oxidation sites excluding steroid dienone is 1. The summed E-state index contributed by atoms with van der Waals surface area (Å²) < 4.78 is 12.5. The lowest BCUT2D eigenvalue weighted by Gasteiger charge is -2.38. The summed E-state index contributed by atoms with van der Waals surface area (Å²) >= 11 is 5.80. The Morgan fingerprint density at radius 1 is 1.12 bits per heavy atom. The van der Waals surface area contributed by atoms with E-state index >= 15 is 0 Å². The molecule has 3 aromatic rings. The minimum atomic E-state index is -0.444. The Morgan fingerprint density at radius 2 is 1.88 bits per heavy atom. The highest BCUT2D eigenvalue weighted by Crippen LogP contribution is 2.36. The van der Waals surface area contributed by atoms with Crippen LogP contribution >= 0.6 is 12.2 Å². The molecule has 7 nitrogen and oxygen atoms in total. The van der Waals surface area contributed by atoms with Crippen molar-refractivity contribution in [2.75, 3.05) is 25.2 Å². The predicted octanol–water partition coefficient (Wildman–Crippen LogP) is 4.39. The number of nitrogens with one attached hydrogen (secondary N) is 1. The van der Waals surface area contributed by atoms with Crippen LogP contribution in [0.4, 0.5) is 5.69 Å². The fourth-order valence-electron chi connectivity index (χ4n) is 4.05. The first-order valence-corrected chi connectivity index (χ1v) is 11.4. The number of hydrogen-bond acceptors (Lipinski definition) is 5. The van der Waals surface area contributed by atoms with Crippen molar-refractivity contribution >= 4 is 29.0 Å². The third kappa shape index (κ3) is 4.73. The van der Waals surface area contributed by atoms with Gasteiger partial charge in [-0.25, -0.2) is 9.78 Å². The van der Waals surface area contributed by atoms with Crippen LogP contribution in [-0.2, 0) is 14.3 Å². The van der Waals surface area contributed by atoms with Gasteiger partial charge in [0.15, 0.2) is 5.11 Å². The summed E-state index contributed by atoms with van der Waals surface area (Å²) in [5.74, 6) is -0.399. The molecule has 1 atom stereocenters. The number of benzene rings is 2. The minimum Gasteiger partial charge on any atom is -0.460 e. The fraction of sp³-hybridized carbons (Fsp3) is 0.269. The summed E-state index contributed by atoms with van der Waals surface area (Å²) in [4.78, 5) is 19.3. The van der Waals surface area contributed by atoms with Crippen molar-refractivity contribution < 1.29 is 14.3 Å². The van der Waals surface area contributed by atoms with Crippen molar-refractivity contribution in [2.24, 2.45) is 0 Å². The highest BCUT2D eigenvalue weighted by atomic mass is 32.1. The van der Waals surface area contributed by atoms with Gasteiger partial charge in [-0.15, -0.1) is 0 Å². The molecule has 0 fully saturated rings. The Balaban J connectivity index is 1.76. The molecule has 0 spiro atoms. The second-order valence-corrected chi connectivity index (χ2v) is 8.58. The Kier molecular flexibility index (Phi) is 7.09. The van der Waals surface area contributed by atoms with E-state index in [4.69, 9.17) is 21.7 Å². The zero-order valence-electron chi connectivity index (χ0n) is 19.7. The molecule has 0 aliphatic carbocycles. The van der Waals surface area contributed by atoms with E-state index in [0.29, 0.717) is 17.3 Å². The predicted molar refractivity (Wildman–Crippen MR) is 136 cm³/mol. The van der Waals surface area contributed by atoms with Gasteiger partial charge in [-0.3, -0.25) is 4.90 Å². The van der Waals surface area contributed by atoms with Crippen LogP contribution in [0.1, 0.15) is 29.7 Å². The van der Waals surface area contributed by atoms with Gasteiger partial charge < -0.3 is 19.4 Å². The molecule has 4 rings (SSSR count). The van der Waals surface area contributed by atoms with Gasteiger partial charge in [0.1, 0.15) is 6.61 Å². The normalized spacial score (nSPS) is 15.9. The van der Waals surface area contributed by atoms with Gasteiger partial charge in [0, 0.05) is 30.9 Å². The zero-order chi connectivity index (χ0) is 24.2. The van der Waals surface area contributed by atoms with Gasteiger partial charge in [0.2, 0.25) is 0 Å². The van der Waals surface area contributed by atoms with Gasteiger partial charge in [0.25, 0.3) is 0 Å². The Hall–Kier alpha value is -3.49. The van der Waals surface area contributed by atoms with Crippen LogP contribution in [0, 0.1) is 13.8 Å². The Bertz CT molecular complexity index is 1220. The molecule has 1 aliphatic heterocycles. The van der Waals surface area contributed by atoms with Gasteiger partial charge in [-0.2, -0.15) is 0 Å². The van der Waals surface area contributed by atoms with E-state index in [1.807, 2.05) is 60.7 Å². The van der Waals surface area contributed by atoms with Crippen molar-refractivity contribution in [1.29, 1.82) is 0 Å². The molecular formula is C26H28N4O3S. The number of nitrogens with zero attached hydrogens (tertiary/aromatic N) is 3.